The van der Waals surface area contributed by atoms with E-state index in [1.54, 1.807) is 0 Å². The predicted molar refractivity (Wildman–Crippen MR) is 45.3 cm³/mol. The maximum Gasteiger partial charge on any atom is 0.0949 e. The van der Waals surface area contributed by atoms with Gasteiger partial charge in [0.25, 0.3) is 0 Å². The summed E-state index contributed by atoms with van der Waals surface area (Å²) in [5.41, 5.74) is 7.92. The van der Waals surface area contributed by atoms with Crippen molar-refractivity contribution < 1.29 is 0 Å². The standard InChI is InChI=1S/C8H15N3/c1-3-7-8(4-5-9)11(2)6-10-7/h6H,3-5,9H2,1-2H3. The number of aromatic nitrogens is 2. The van der Waals surface area contributed by atoms with Gasteiger partial charge in [-0.05, 0) is 13.0 Å². The smallest absolute Gasteiger partial charge is 0.0949 e. The summed E-state index contributed by atoms with van der Waals surface area (Å²) in [4.78, 5) is 4.26. The van der Waals surface area contributed by atoms with Crippen molar-refractivity contribution in [3.63, 3.8) is 0 Å². The topological polar surface area (TPSA) is 43.8 Å². The summed E-state index contributed by atoms with van der Waals surface area (Å²) in [6.07, 6.45) is 3.78. The van der Waals surface area contributed by atoms with Crippen molar-refractivity contribution in [2.24, 2.45) is 12.8 Å². The molecule has 62 valence electrons. The summed E-state index contributed by atoms with van der Waals surface area (Å²) in [7, 11) is 2.01. The fraction of sp³-hybridized carbons (Fsp3) is 0.625. The highest BCUT2D eigenvalue weighted by Gasteiger charge is 2.04. The highest BCUT2D eigenvalue weighted by atomic mass is 15.0. The van der Waals surface area contributed by atoms with Crippen LogP contribution >= 0.6 is 0 Å². The fourth-order valence-corrected chi connectivity index (χ4v) is 1.26. The van der Waals surface area contributed by atoms with Crippen molar-refractivity contribution in [1.29, 1.82) is 0 Å². The van der Waals surface area contributed by atoms with E-state index in [4.69, 9.17) is 5.73 Å². The minimum absolute atomic E-state index is 0.701. The third-order valence-electron chi connectivity index (χ3n) is 1.86. The van der Waals surface area contributed by atoms with Crippen molar-refractivity contribution in [2.75, 3.05) is 6.54 Å². The quantitative estimate of drug-likeness (QED) is 0.686. The lowest BCUT2D eigenvalue weighted by molar-refractivity contribution is 0.793. The van der Waals surface area contributed by atoms with E-state index in [2.05, 4.69) is 11.9 Å². The third-order valence-corrected chi connectivity index (χ3v) is 1.86. The molecule has 0 bridgehead atoms. The van der Waals surface area contributed by atoms with E-state index < -0.39 is 0 Å². The summed E-state index contributed by atoms with van der Waals surface area (Å²) in [5.74, 6) is 0. The molecule has 1 aromatic rings. The number of nitrogens with two attached hydrogens (primary N) is 1. The first kappa shape index (κ1) is 8.27. The monoisotopic (exact) mass is 153 g/mol. The van der Waals surface area contributed by atoms with Crippen molar-refractivity contribution in [2.45, 2.75) is 19.8 Å². The Bertz CT molecular complexity index is 227. The summed E-state index contributed by atoms with van der Waals surface area (Å²) < 4.78 is 2.05. The molecule has 0 fully saturated rings. The van der Waals surface area contributed by atoms with E-state index in [0.29, 0.717) is 6.54 Å². The molecule has 0 saturated heterocycles. The highest BCUT2D eigenvalue weighted by molar-refractivity contribution is 5.13. The zero-order valence-corrected chi connectivity index (χ0v) is 7.17. The van der Waals surface area contributed by atoms with Gasteiger partial charge in [-0.1, -0.05) is 6.92 Å². The summed E-state index contributed by atoms with van der Waals surface area (Å²) >= 11 is 0. The van der Waals surface area contributed by atoms with Crippen molar-refractivity contribution in [1.82, 2.24) is 9.55 Å². The average molecular weight is 153 g/mol. The van der Waals surface area contributed by atoms with Gasteiger partial charge in [0.15, 0.2) is 0 Å². The van der Waals surface area contributed by atoms with Crippen LogP contribution in [-0.2, 0) is 19.9 Å². The Morgan fingerprint density at radius 1 is 1.64 bits per heavy atom. The van der Waals surface area contributed by atoms with E-state index in [9.17, 15) is 0 Å². The highest BCUT2D eigenvalue weighted by Crippen LogP contribution is 2.06. The maximum absolute atomic E-state index is 5.47. The molecule has 0 spiro atoms. The van der Waals surface area contributed by atoms with E-state index >= 15 is 0 Å². The van der Waals surface area contributed by atoms with E-state index in [-0.39, 0.29) is 0 Å². The first-order chi connectivity index (χ1) is 5.29. The molecule has 0 aliphatic rings. The van der Waals surface area contributed by atoms with Crippen LogP contribution in [0.4, 0.5) is 0 Å². The number of nitrogens with zero attached hydrogens (tertiary/aromatic N) is 2. The number of hydrogen-bond donors (Lipinski definition) is 1. The Morgan fingerprint density at radius 3 is 2.91 bits per heavy atom. The first-order valence-corrected chi connectivity index (χ1v) is 3.98. The maximum atomic E-state index is 5.47. The number of hydrogen-bond acceptors (Lipinski definition) is 2. The second kappa shape index (κ2) is 3.53. The summed E-state index contributed by atoms with van der Waals surface area (Å²) in [5, 5.41) is 0. The van der Waals surface area contributed by atoms with Crippen LogP contribution in [0, 0.1) is 0 Å². The number of imidazole rings is 1. The van der Waals surface area contributed by atoms with Gasteiger partial charge in [-0.3, -0.25) is 0 Å². The second-order valence-electron chi connectivity index (χ2n) is 2.64. The van der Waals surface area contributed by atoms with Crippen LogP contribution in [0.15, 0.2) is 6.33 Å². The molecular weight excluding hydrogens is 138 g/mol. The SMILES string of the molecule is CCc1ncn(C)c1CCN. The predicted octanol–water partition coefficient (Wildman–Crippen LogP) is 0.484. The van der Waals surface area contributed by atoms with Gasteiger partial charge < -0.3 is 10.3 Å². The molecule has 3 nitrogen and oxygen atoms in total. The Hall–Kier alpha value is -0.830. The van der Waals surface area contributed by atoms with Gasteiger partial charge in [-0.15, -0.1) is 0 Å². The molecule has 1 rings (SSSR count). The molecular formula is C8H15N3. The largest absolute Gasteiger partial charge is 0.337 e. The first-order valence-electron chi connectivity index (χ1n) is 3.98. The molecule has 1 heterocycles. The van der Waals surface area contributed by atoms with Gasteiger partial charge in [-0.25, -0.2) is 4.98 Å². The number of aryl methyl sites for hydroxylation is 2. The molecule has 0 aliphatic carbocycles. The number of rotatable bonds is 3. The molecule has 0 aliphatic heterocycles. The lowest BCUT2D eigenvalue weighted by atomic mass is 10.2. The molecule has 3 heteroatoms. The molecule has 0 aromatic carbocycles. The van der Waals surface area contributed by atoms with Crippen molar-refractivity contribution in [3.05, 3.63) is 17.7 Å². The summed E-state index contributed by atoms with van der Waals surface area (Å²) in [6.45, 7) is 2.81. The van der Waals surface area contributed by atoms with Crippen LogP contribution in [0.25, 0.3) is 0 Å². The van der Waals surface area contributed by atoms with Crippen molar-refractivity contribution in [3.8, 4) is 0 Å². The fourth-order valence-electron chi connectivity index (χ4n) is 1.26. The average Bonchev–Trinajstić information content (AvgIpc) is 2.34. The zero-order valence-electron chi connectivity index (χ0n) is 7.17. The van der Waals surface area contributed by atoms with Crippen LogP contribution in [0.5, 0.6) is 0 Å². The second-order valence-corrected chi connectivity index (χ2v) is 2.64. The van der Waals surface area contributed by atoms with Crippen LogP contribution in [0.1, 0.15) is 18.3 Å². The lowest BCUT2D eigenvalue weighted by Gasteiger charge is -2.01. The lowest BCUT2D eigenvalue weighted by Crippen LogP contribution is -2.08. The van der Waals surface area contributed by atoms with Crippen molar-refractivity contribution >= 4 is 0 Å². The molecule has 2 N–H and O–H groups in total. The third kappa shape index (κ3) is 1.60. The minimum Gasteiger partial charge on any atom is -0.337 e. The Morgan fingerprint density at radius 2 is 2.36 bits per heavy atom. The Balaban J connectivity index is 2.88. The van der Waals surface area contributed by atoms with E-state index in [1.807, 2.05) is 17.9 Å². The molecule has 0 unspecified atom stereocenters. The summed E-state index contributed by atoms with van der Waals surface area (Å²) in [6, 6.07) is 0. The zero-order chi connectivity index (χ0) is 8.27. The normalized spacial score (nSPS) is 10.5. The van der Waals surface area contributed by atoms with Crippen LogP contribution < -0.4 is 5.73 Å². The molecule has 0 radical (unpaired) electrons. The Labute approximate surface area is 67.2 Å². The van der Waals surface area contributed by atoms with Gasteiger partial charge in [0, 0.05) is 19.2 Å². The molecule has 0 amide bonds. The minimum atomic E-state index is 0.701. The molecule has 1 aromatic heterocycles. The van der Waals surface area contributed by atoms with Gasteiger partial charge in [-0.2, -0.15) is 0 Å². The molecule has 11 heavy (non-hydrogen) atoms. The van der Waals surface area contributed by atoms with Gasteiger partial charge in [0.1, 0.15) is 0 Å². The van der Waals surface area contributed by atoms with Gasteiger partial charge in [0.05, 0.1) is 12.0 Å². The molecule has 0 atom stereocenters. The van der Waals surface area contributed by atoms with E-state index in [1.165, 1.54) is 11.4 Å². The van der Waals surface area contributed by atoms with Crippen LogP contribution in [-0.4, -0.2) is 16.1 Å². The van der Waals surface area contributed by atoms with Crippen LogP contribution in [0.2, 0.25) is 0 Å². The van der Waals surface area contributed by atoms with Gasteiger partial charge >= 0.3 is 0 Å². The van der Waals surface area contributed by atoms with Crippen LogP contribution in [0.3, 0.4) is 0 Å². The van der Waals surface area contributed by atoms with E-state index in [0.717, 1.165) is 12.8 Å². The van der Waals surface area contributed by atoms with Gasteiger partial charge in [0.2, 0.25) is 0 Å². The Kier molecular flexibility index (Phi) is 2.65. The molecule has 0 saturated carbocycles.